The number of carboxylic acid groups (broad SMARTS) is 1. The van der Waals surface area contributed by atoms with Gasteiger partial charge in [0.15, 0.2) is 0 Å². The standard InChI is InChI=1S/C15H17ClN2O4/c16-12-5-8(14(19)20)1-4-13(12)22-11-6-9-2-3-10(7-11)18(9)15(17)21/h1,4-5,9-11H,2-3,6-7H2,(H2,17,21)(H,19,20)/t9-,10+,11?. The fourth-order valence-corrected chi connectivity index (χ4v) is 3.72. The quantitative estimate of drug-likeness (QED) is 0.893. The van der Waals surface area contributed by atoms with Crippen molar-refractivity contribution in [2.75, 3.05) is 0 Å². The number of fused-ring (bicyclic) bond motifs is 2. The number of hydrogen-bond donors (Lipinski definition) is 2. The van der Waals surface area contributed by atoms with Crippen LogP contribution in [0.2, 0.25) is 5.02 Å². The summed E-state index contributed by atoms with van der Waals surface area (Å²) in [5.74, 6) is -0.551. The second-order valence-corrected chi connectivity index (χ2v) is 6.20. The second-order valence-electron chi connectivity index (χ2n) is 5.79. The van der Waals surface area contributed by atoms with Crippen molar-refractivity contribution in [2.45, 2.75) is 43.9 Å². The summed E-state index contributed by atoms with van der Waals surface area (Å²) in [5.41, 5.74) is 5.55. The molecular weight excluding hydrogens is 308 g/mol. The number of nitrogens with zero attached hydrogens (tertiary/aromatic N) is 1. The fourth-order valence-electron chi connectivity index (χ4n) is 3.49. The number of rotatable bonds is 3. The average Bonchev–Trinajstić information content (AvgIpc) is 2.73. The molecule has 7 heteroatoms. The molecule has 2 saturated heterocycles. The molecule has 1 aromatic rings. The van der Waals surface area contributed by atoms with Crippen LogP contribution < -0.4 is 10.5 Å². The molecule has 2 heterocycles. The molecule has 6 nitrogen and oxygen atoms in total. The van der Waals surface area contributed by atoms with Gasteiger partial charge in [0.25, 0.3) is 0 Å². The van der Waals surface area contributed by atoms with Gasteiger partial charge in [-0.05, 0) is 31.0 Å². The van der Waals surface area contributed by atoms with Crippen molar-refractivity contribution in [3.63, 3.8) is 0 Å². The molecule has 22 heavy (non-hydrogen) atoms. The normalized spacial score (nSPS) is 26.8. The Morgan fingerprint density at radius 1 is 1.27 bits per heavy atom. The van der Waals surface area contributed by atoms with Gasteiger partial charge in [-0.15, -0.1) is 0 Å². The van der Waals surface area contributed by atoms with Gasteiger partial charge in [0, 0.05) is 24.9 Å². The molecule has 0 aliphatic carbocycles. The van der Waals surface area contributed by atoms with Gasteiger partial charge < -0.3 is 20.5 Å². The highest BCUT2D eigenvalue weighted by Crippen LogP contribution is 2.38. The van der Waals surface area contributed by atoms with Crippen LogP contribution >= 0.6 is 11.6 Å². The Bertz CT molecular complexity index is 608. The maximum Gasteiger partial charge on any atom is 0.335 e. The number of hydrogen-bond acceptors (Lipinski definition) is 3. The molecule has 3 atom stereocenters. The van der Waals surface area contributed by atoms with Gasteiger partial charge in [-0.3, -0.25) is 0 Å². The average molecular weight is 325 g/mol. The number of primary amides is 1. The maximum atomic E-state index is 11.5. The van der Waals surface area contributed by atoms with Crippen molar-refractivity contribution in [1.82, 2.24) is 4.90 Å². The Morgan fingerprint density at radius 3 is 2.41 bits per heavy atom. The van der Waals surface area contributed by atoms with E-state index in [1.54, 1.807) is 11.0 Å². The molecule has 2 amide bonds. The molecule has 118 valence electrons. The molecule has 0 aromatic heterocycles. The van der Waals surface area contributed by atoms with Crippen LogP contribution in [-0.4, -0.2) is 40.2 Å². The first-order valence-corrected chi connectivity index (χ1v) is 7.60. The topological polar surface area (TPSA) is 92.9 Å². The van der Waals surface area contributed by atoms with E-state index in [9.17, 15) is 9.59 Å². The minimum atomic E-state index is -1.03. The lowest BCUT2D eigenvalue weighted by Crippen LogP contribution is -2.51. The lowest BCUT2D eigenvalue weighted by Gasteiger charge is -2.37. The number of benzene rings is 1. The number of amides is 2. The predicted octanol–water partition coefficient (Wildman–Crippen LogP) is 2.49. The number of piperidine rings is 1. The number of nitrogens with two attached hydrogens (primary N) is 1. The molecule has 0 saturated carbocycles. The van der Waals surface area contributed by atoms with E-state index in [2.05, 4.69) is 0 Å². The first-order chi connectivity index (χ1) is 10.5. The molecule has 2 bridgehead atoms. The first-order valence-electron chi connectivity index (χ1n) is 7.23. The van der Waals surface area contributed by atoms with Crippen LogP contribution in [0.25, 0.3) is 0 Å². The number of halogens is 1. The van der Waals surface area contributed by atoms with Gasteiger partial charge in [-0.1, -0.05) is 11.6 Å². The summed E-state index contributed by atoms with van der Waals surface area (Å²) in [5, 5.41) is 9.21. The molecule has 0 spiro atoms. The molecule has 0 radical (unpaired) electrons. The van der Waals surface area contributed by atoms with E-state index in [4.69, 9.17) is 27.2 Å². The van der Waals surface area contributed by atoms with Crippen molar-refractivity contribution in [3.8, 4) is 5.75 Å². The van der Waals surface area contributed by atoms with Crippen LogP contribution in [-0.2, 0) is 0 Å². The van der Waals surface area contributed by atoms with Crippen LogP contribution in [0.15, 0.2) is 18.2 Å². The summed E-state index contributed by atoms with van der Waals surface area (Å²) in [7, 11) is 0. The zero-order valence-electron chi connectivity index (χ0n) is 11.9. The minimum absolute atomic E-state index is 0.0405. The van der Waals surface area contributed by atoms with Gasteiger partial charge in [0.1, 0.15) is 11.9 Å². The summed E-state index contributed by atoms with van der Waals surface area (Å²) in [6, 6.07) is 4.31. The van der Waals surface area contributed by atoms with Gasteiger partial charge >= 0.3 is 12.0 Å². The van der Waals surface area contributed by atoms with Crippen LogP contribution in [0.1, 0.15) is 36.0 Å². The molecule has 3 rings (SSSR count). The third-order valence-corrected chi connectivity index (χ3v) is 4.71. The van der Waals surface area contributed by atoms with Crippen LogP contribution in [0.4, 0.5) is 4.79 Å². The Hall–Kier alpha value is -1.95. The highest BCUT2D eigenvalue weighted by atomic mass is 35.5. The second kappa shape index (κ2) is 5.68. The Kier molecular flexibility index (Phi) is 3.87. The Morgan fingerprint density at radius 2 is 1.91 bits per heavy atom. The fraction of sp³-hybridized carbons (Fsp3) is 0.467. The summed E-state index contributed by atoms with van der Waals surface area (Å²) in [6.07, 6.45) is 3.28. The summed E-state index contributed by atoms with van der Waals surface area (Å²) in [6.45, 7) is 0. The highest BCUT2D eigenvalue weighted by molar-refractivity contribution is 6.32. The molecule has 1 unspecified atom stereocenters. The lowest BCUT2D eigenvalue weighted by atomic mass is 10.00. The number of ether oxygens (including phenoxy) is 1. The largest absolute Gasteiger partial charge is 0.489 e. The van der Waals surface area contributed by atoms with Crippen molar-refractivity contribution in [2.24, 2.45) is 5.73 Å². The lowest BCUT2D eigenvalue weighted by molar-refractivity contribution is 0.0696. The van der Waals surface area contributed by atoms with Crippen molar-refractivity contribution in [3.05, 3.63) is 28.8 Å². The number of carbonyl (C=O) groups is 2. The van der Waals surface area contributed by atoms with Gasteiger partial charge in [-0.2, -0.15) is 0 Å². The molecule has 2 aliphatic rings. The van der Waals surface area contributed by atoms with E-state index in [-0.39, 0.29) is 34.8 Å². The van der Waals surface area contributed by atoms with E-state index in [0.29, 0.717) is 5.75 Å². The monoisotopic (exact) mass is 324 g/mol. The summed E-state index contributed by atoms with van der Waals surface area (Å²) in [4.78, 5) is 24.1. The SMILES string of the molecule is NC(=O)N1[C@@H]2CC[C@H]1CC(Oc1ccc(C(=O)O)cc1Cl)C2. The van der Waals surface area contributed by atoms with Gasteiger partial charge in [-0.25, -0.2) is 9.59 Å². The molecule has 2 fully saturated rings. The van der Waals surface area contributed by atoms with Crippen LogP contribution in [0, 0.1) is 0 Å². The van der Waals surface area contributed by atoms with Gasteiger partial charge in [0.05, 0.1) is 10.6 Å². The third-order valence-electron chi connectivity index (χ3n) is 4.42. The number of carbonyl (C=O) groups excluding carboxylic acids is 1. The zero-order valence-corrected chi connectivity index (χ0v) is 12.6. The van der Waals surface area contributed by atoms with E-state index in [1.165, 1.54) is 12.1 Å². The predicted molar refractivity (Wildman–Crippen MR) is 80.3 cm³/mol. The Balaban J connectivity index is 1.71. The number of urea groups is 1. The third kappa shape index (κ3) is 2.70. The van der Waals surface area contributed by atoms with E-state index < -0.39 is 5.97 Å². The van der Waals surface area contributed by atoms with E-state index >= 15 is 0 Å². The molecular formula is C15H17ClN2O4. The first kappa shape index (κ1) is 15.0. The van der Waals surface area contributed by atoms with E-state index in [1.807, 2.05) is 0 Å². The smallest absolute Gasteiger partial charge is 0.335 e. The van der Waals surface area contributed by atoms with Crippen LogP contribution in [0.3, 0.4) is 0 Å². The van der Waals surface area contributed by atoms with Crippen molar-refractivity contribution < 1.29 is 19.4 Å². The molecule has 1 aromatic carbocycles. The number of aromatic carboxylic acids is 1. The van der Waals surface area contributed by atoms with Crippen molar-refractivity contribution in [1.29, 1.82) is 0 Å². The highest BCUT2D eigenvalue weighted by Gasteiger charge is 2.43. The van der Waals surface area contributed by atoms with Gasteiger partial charge in [0.2, 0.25) is 0 Å². The van der Waals surface area contributed by atoms with Crippen LogP contribution in [0.5, 0.6) is 5.75 Å². The molecule has 2 aliphatic heterocycles. The Labute approximate surface area is 132 Å². The summed E-state index contributed by atoms with van der Waals surface area (Å²) < 4.78 is 5.93. The number of carboxylic acids is 1. The van der Waals surface area contributed by atoms with E-state index in [0.717, 1.165) is 25.7 Å². The summed E-state index contributed by atoms with van der Waals surface area (Å²) >= 11 is 6.09. The zero-order chi connectivity index (χ0) is 15.9. The van der Waals surface area contributed by atoms with Crippen molar-refractivity contribution >= 4 is 23.6 Å². The maximum absolute atomic E-state index is 11.5. The molecule has 3 N–H and O–H groups in total. The minimum Gasteiger partial charge on any atom is -0.489 e.